The predicted molar refractivity (Wildman–Crippen MR) is 100 cm³/mol. The molecule has 0 bridgehead atoms. The summed E-state index contributed by atoms with van der Waals surface area (Å²) in [6, 6.07) is 16.2. The van der Waals surface area contributed by atoms with Crippen LogP contribution in [0.1, 0.15) is 24.0 Å². The van der Waals surface area contributed by atoms with Crippen LogP contribution in [-0.4, -0.2) is 35.0 Å². The van der Waals surface area contributed by atoms with Gasteiger partial charge in [0.15, 0.2) is 0 Å². The van der Waals surface area contributed by atoms with Gasteiger partial charge in [0.05, 0.1) is 12.3 Å². The molecule has 26 heavy (non-hydrogen) atoms. The Morgan fingerprint density at radius 2 is 1.42 bits per heavy atom. The maximum Gasteiger partial charge on any atom is 0.306 e. The lowest BCUT2D eigenvalue weighted by Gasteiger charge is -2.30. The van der Waals surface area contributed by atoms with E-state index in [0.717, 1.165) is 22.3 Å². The number of nitrogens with zero attached hydrogens (tertiary/aromatic N) is 1. The maximum absolute atomic E-state index is 12.4. The average molecular weight is 352 g/mol. The molecule has 1 fully saturated rings. The normalized spacial score (nSPS) is 15.0. The molecule has 1 heterocycles. The second kappa shape index (κ2) is 8.15. The van der Waals surface area contributed by atoms with Crippen molar-refractivity contribution in [3.05, 3.63) is 59.7 Å². The first-order valence-electron chi connectivity index (χ1n) is 8.95. The number of rotatable bonds is 5. The Bertz CT molecular complexity index is 761. The maximum atomic E-state index is 12.4. The van der Waals surface area contributed by atoms with Gasteiger partial charge < -0.3 is 15.7 Å². The molecule has 5 heteroatoms. The number of carbonyl (C=O) groups is 2. The van der Waals surface area contributed by atoms with Crippen LogP contribution >= 0.6 is 0 Å². The summed E-state index contributed by atoms with van der Waals surface area (Å²) in [5.41, 5.74) is 9.92. The van der Waals surface area contributed by atoms with Crippen molar-refractivity contribution < 1.29 is 14.7 Å². The number of hydrogen-bond acceptors (Lipinski definition) is 3. The Labute approximate surface area is 153 Å². The number of hydrogen-bond donors (Lipinski definition) is 2. The number of likely N-dealkylation sites (tertiary alicyclic amines) is 1. The second-order valence-electron chi connectivity index (χ2n) is 6.77. The first-order chi connectivity index (χ1) is 12.6. The highest BCUT2D eigenvalue weighted by Crippen LogP contribution is 2.22. The molecule has 1 aliphatic rings. The summed E-state index contributed by atoms with van der Waals surface area (Å²) in [5.74, 6) is -1.01. The summed E-state index contributed by atoms with van der Waals surface area (Å²) in [6.07, 6.45) is 1.43. The number of carboxylic acid groups (broad SMARTS) is 1. The Morgan fingerprint density at radius 3 is 1.88 bits per heavy atom. The van der Waals surface area contributed by atoms with E-state index in [9.17, 15) is 9.59 Å². The van der Waals surface area contributed by atoms with Crippen molar-refractivity contribution >= 4 is 11.9 Å². The molecule has 3 rings (SSSR count). The minimum atomic E-state index is -0.757. The van der Waals surface area contributed by atoms with E-state index in [2.05, 4.69) is 12.1 Å². The number of carboxylic acids is 1. The summed E-state index contributed by atoms with van der Waals surface area (Å²) in [4.78, 5) is 25.2. The van der Waals surface area contributed by atoms with Crippen molar-refractivity contribution in [1.29, 1.82) is 0 Å². The third-order valence-electron chi connectivity index (χ3n) is 5.03. The molecule has 0 aliphatic carbocycles. The molecule has 3 N–H and O–H groups in total. The summed E-state index contributed by atoms with van der Waals surface area (Å²) in [5, 5.41) is 9.04. The van der Waals surface area contributed by atoms with Crippen LogP contribution in [-0.2, 0) is 22.6 Å². The van der Waals surface area contributed by atoms with E-state index >= 15 is 0 Å². The minimum Gasteiger partial charge on any atom is -0.481 e. The van der Waals surface area contributed by atoms with Crippen molar-refractivity contribution in [3.63, 3.8) is 0 Å². The van der Waals surface area contributed by atoms with Crippen molar-refractivity contribution in [2.75, 3.05) is 13.1 Å². The van der Waals surface area contributed by atoms with E-state index in [4.69, 9.17) is 10.8 Å². The van der Waals surface area contributed by atoms with Crippen LogP contribution in [0, 0.1) is 5.92 Å². The number of aliphatic carboxylic acids is 1. The Balaban J connectivity index is 1.58. The third kappa shape index (κ3) is 4.29. The molecular formula is C21H24N2O3. The van der Waals surface area contributed by atoms with Crippen LogP contribution in [0.5, 0.6) is 0 Å². The molecule has 0 spiro atoms. The van der Waals surface area contributed by atoms with Crippen molar-refractivity contribution in [2.45, 2.75) is 25.8 Å². The van der Waals surface area contributed by atoms with Gasteiger partial charge >= 0.3 is 5.97 Å². The molecule has 0 aromatic heterocycles. The number of carbonyl (C=O) groups excluding carboxylic acids is 1. The second-order valence-corrected chi connectivity index (χ2v) is 6.77. The van der Waals surface area contributed by atoms with Gasteiger partial charge in [0.2, 0.25) is 5.91 Å². The van der Waals surface area contributed by atoms with Gasteiger partial charge in [-0.2, -0.15) is 0 Å². The Morgan fingerprint density at radius 1 is 0.923 bits per heavy atom. The van der Waals surface area contributed by atoms with Crippen LogP contribution in [0.2, 0.25) is 0 Å². The highest BCUT2D eigenvalue weighted by atomic mass is 16.4. The molecule has 1 amide bonds. The van der Waals surface area contributed by atoms with Crippen molar-refractivity contribution in [3.8, 4) is 11.1 Å². The van der Waals surface area contributed by atoms with Crippen LogP contribution < -0.4 is 5.73 Å². The molecule has 1 aliphatic heterocycles. The molecule has 1 saturated heterocycles. The summed E-state index contributed by atoms with van der Waals surface area (Å²) in [6.45, 7) is 1.59. The van der Waals surface area contributed by atoms with Gasteiger partial charge in [0.1, 0.15) is 0 Å². The molecule has 0 unspecified atom stereocenters. The Hall–Kier alpha value is -2.66. The van der Waals surface area contributed by atoms with E-state index < -0.39 is 5.97 Å². The summed E-state index contributed by atoms with van der Waals surface area (Å²) in [7, 11) is 0. The lowest BCUT2D eigenvalue weighted by molar-refractivity contribution is -0.145. The van der Waals surface area contributed by atoms with Gasteiger partial charge in [0.25, 0.3) is 0 Å². The lowest BCUT2D eigenvalue weighted by Crippen LogP contribution is -2.40. The van der Waals surface area contributed by atoms with Crippen LogP contribution in [0.3, 0.4) is 0 Å². The number of piperidine rings is 1. The first-order valence-corrected chi connectivity index (χ1v) is 8.95. The Kier molecular flexibility index (Phi) is 5.68. The SMILES string of the molecule is NCc1ccc(-c2ccc(CC(=O)N3CCC(C(=O)O)CC3)cc2)cc1. The van der Waals surface area contributed by atoms with Crippen LogP contribution in [0.25, 0.3) is 11.1 Å². The number of benzene rings is 2. The number of nitrogens with two attached hydrogens (primary N) is 1. The summed E-state index contributed by atoms with van der Waals surface area (Å²) >= 11 is 0. The third-order valence-corrected chi connectivity index (χ3v) is 5.03. The first kappa shape index (κ1) is 18.1. The van der Waals surface area contributed by atoms with Gasteiger partial charge in [-0.3, -0.25) is 9.59 Å². The van der Waals surface area contributed by atoms with Crippen LogP contribution in [0.15, 0.2) is 48.5 Å². The summed E-state index contributed by atoms with van der Waals surface area (Å²) < 4.78 is 0. The molecule has 0 saturated carbocycles. The highest BCUT2D eigenvalue weighted by molar-refractivity contribution is 5.79. The van der Waals surface area contributed by atoms with E-state index in [1.807, 2.05) is 36.4 Å². The number of amides is 1. The predicted octanol–water partition coefficient (Wildman–Crippen LogP) is 2.68. The standard InChI is InChI=1S/C21H24N2O3/c22-14-16-3-7-18(8-4-16)17-5-1-15(2-6-17)13-20(24)23-11-9-19(10-12-23)21(25)26/h1-8,19H,9-14,22H2,(H,25,26). The van der Waals surface area contributed by atoms with Gasteiger partial charge in [-0.1, -0.05) is 48.5 Å². The fourth-order valence-corrected chi connectivity index (χ4v) is 3.31. The quantitative estimate of drug-likeness (QED) is 0.866. The topological polar surface area (TPSA) is 83.6 Å². The van der Waals surface area contributed by atoms with Crippen molar-refractivity contribution in [1.82, 2.24) is 4.90 Å². The highest BCUT2D eigenvalue weighted by Gasteiger charge is 2.26. The van der Waals surface area contributed by atoms with Crippen molar-refractivity contribution in [2.24, 2.45) is 11.7 Å². The van der Waals surface area contributed by atoms with Gasteiger partial charge in [-0.15, -0.1) is 0 Å². The van der Waals surface area contributed by atoms with E-state index in [1.165, 1.54) is 0 Å². The monoisotopic (exact) mass is 352 g/mol. The van der Waals surface area contributed by atoms with Gasteiger partial charge in [-0.25, -0.2) is 0 Å². The molecule has 0 radical (unpaired) electrons. The van der Waals surface area contributed by atoms with Gasteiger partial charge in [0, 0.05) is 19.6 Å². The molecular weight excluding hydrogens is 328 g/mol. The largest absolute Gasteiger partial charge is 0.481 e. The van der Waals surface area contributed by atoms with E-state index in [1.54, 1.807) is 4.90 Å². The lowest BCUT2D eigenvalue weighted by atomic mass is 9.96. The fourth-order valence-electron chi connectivity index (χ4n) is 3.31. The fraction of sp³-hybridized carbons (Fsp3) is 0.333. The van der Waals surface area contributed by atoms with Gasteiger partial charge in [-0.05, 0) is 35.1 Å². The minimum absolute atomic E-state index is 0.0638. The van der Waals surface area contributed by atoms with E-state index in [-0.39, 0.29) is 11.8 Å². The average Bonchev–Trinajstić information content (AvgIpc) is 2.68. The smallest absolute Gasteiger partial charge is 0.306 e. The zero-order valence-electron chi connectivity index (χ0n) is 14.7. The molecule has 0 atom stereocenters. The van der Waals surface area contributed by atoms with Crippen LogP contribution in [0.4, 0.5) is 0 Å². The molecule has 2 aromatic rings. The molecule has 2 aromatic carbocycles. The zero-order valence-corrected chi connectivity index (χ0v) is 14.7. The molecule has 5 nitrogen and oxygen atoms in total. The van der Waals surface area contributed by atoms with E-state index in [0.29, 0.717) is 38.9 Å². The zero-order chi connectivity index (χ0) is 18.5. The molecule has 136 valence electrons.